The quantitative estimate of drug-likeness (QED) is 0.727. The van der Waals surface area contributed by atoms with Gasteiger partial charge in [0.25, 0.3) is 0 Å². The highest BCUT2D eigenvalue weighted by molar-refractivity contribution is 5.86. The molecular formula is C14H23NO6. The smallest absolute Gasteiger partial charge is 0.444 e. The average molecular weight is 301 g/mol. The fraction of sp³-hybridized carbons (Fsp3) is 0.786. The first kappa shape index (κ1) is 17.3. The number of nitrogens with zero attached hydrogens (tertiary/aromatic N) is 1. The van der Waals surface area contributed by atoms with Crippen LogP contribution in [-0.4, -0.2) is 54.3 Å². The van der Waals surface area contributed by atoms with Gasteiger partial charge in [-0.1, -0.05) is 0 Å². The van der Waals surface area contributed by atoms with E-state index in [4.69, 9.17) is 9.47 Å². The summed E-state index contributed by atoms with van der Waals surface area (Å²) in [6, 6.07) is 0. The van der Waals surface area contributed by atoms with Gasteiger partial charge in [-0.05, 0) is 34.1 Å². The summed E-state index contributed by atoms with van der Waals surface area (Å²) >= 11 is 0. The molecule has 0 bridgehead atoms. The van der Waals surface area contributed by atoms with Gasteiger partial charge in [-0.2, -0.15) is 0 Å². The molecule has 1 amide bonds. The molecule has 0 aromatic rings. The number of Topliss-reactive ketones (excluding diaryl/α,β-unsaturated/α-hetero) is 1. The number of ketones is 1. The minimum Gasteiger partial charge on any atom is -0.444 e. The largest absolute Gasteiger partial charge is 0.509 e. The normalized spacial score (nSPS) is 19.7. The van der Waals surface area contributed by atoms with Crippen LogP contribution in [0.1, 0.15) is 40.5 Å². The van der Waals surface area contributed by atoms with E-state index in [0.717, 1.165) is 0 Å². The average Bonchev–Trinajstić information content (AvgIpc) is 2.50. The number of likely N-dealkylation sites (tertiary alicyclic amines) is 1. The minimum atomic E-state index is -1.00. The minimum absolute atomic E-state index is 0.00738. The molecule has 0 aromatic heterocycles. The first-order valence-electron chi connectivity index (χ1n) is 7.07. The van der Waals surface area contributed by atoms with E-state index in [1.54, 1.807) is 27.7 Å². The lowest BCUT2D eigenvalue weighted by molar-refractivity contribution is -0.128. The zero-order valence-electron chi connectivity index (χ0n) is 13.0. The third-order valence-corrected chi connectivity index (χ3v) is 2.75. The highest BCUT2D eigenvalue weighted by atomic mass is 16.7. The van der Waals surface area contributed by atoms with Gasteiger partial charge < -0.3 is 19.1 Å². The zero-order chi connectivity index (χ0) is 16.0. The number of ether oxygens (including phenoxy) is 3. The second-order valence-corrected chi connectivity index (χ2v) is 5.79. The molecule has 1 rings (SSSR count). The van der Waals surface area contributed by atoms with Crippen LogP contribution in [0, 0.1) is 0 Å². The molecule has 0 aliphatic carbocycles. The summed E-state index contributed by atoms with van der Waals surface area (Å²) in [5.41, 5.74) is -0.620. The van der Waals surface area contributed by atoms with Crippen molar-refractivity contribution in [3.05, 3.63) is 0 Å². The lowest BCUT2D eigenvalue weighted by Gasteiger charge is -2.27. The maximum atomic E-state index is 12.1. The van der Waals surface area contributed by atoms with Gasteiger partial charge in [-0.15, -0.1) is 0 Å². The molecule has 7 nitrogen and oxygen atoms in total. The molecule has 1 fully saturated rings. The first-order chi connectivity index (χ1) is 9.73. The molecule has 0 saturated carbocycles. The molecule has 1 aliphatic rings. The lowest BCUT2D eigenvalue weighted by atomic mass is 10.1. The third kappa shape index (κ3) is 6.01. The molecule has 1 heterocycles. The van der Waals surface area contributed by atoms with E-state index in [2.05, 4.69) is 4.74 Å². The molecule has 7 heteroatoms. The standard InChI is InChI=1S/C14H23NO6/c1-5-19-13(18)20-11-9-15(8-6-7-10(11)16)12(17)21-14(2,3)4/h11H,5-9H2,1-4H3. The fourth-order valence-corrected chi connectivity index (χ4v) is 1.86. The molecule has 1 atom stereocenters. The van der Waals surface area contributed by atoms with Gasteiger partial charge in [0, 0.05) is 13.0 Å². The second kappa shape index (κ2) is 7.28. The second-order valence-electron chi connectivity index (χ2n) is 5.79. The molecular weight excluding hydrogens is 278 g/mol. The van der Waals surface area contributed by atoms with Crippen molar-refractivity contribution in [3.63, 3.8) is 0 Å². The van der Waals surface area contributed by atoms with Crippen LogP contribution in [0.3, 0.4) is 0 Å². The Hall–Kier alpha value is -1.79. The highest BCUT2D eigenvalue weighted by Crippen LogP contribution is 2.15. The number of hydrogen-bond donors (Lipinski definition) is 0. The summed E-state index contributed by atoms with van der Waals surface area (Å²) < 4.78 is 14.9. The molecule has 0 spiro atoms. The maximum absolute atomic E-state index is 12.1. The van der Waals surface area contributed by atoms with Crippen LogP contribution in [0.4, 0.5) is 9.59 Å². The van der Waals surface area contributed by atoms with Gasteiger partial charge in [0.05, 0.1) is 13.2 Å². The molecule has 1 unspecified atom stereocenters. The Morgan fingerprint density at radius 2 is 2.00 bits per heavy atom. The van der Waals surface area contributed by atoms with Crippen LogP contribution >= 0.6 is 0 Å². The van der Waals surface area contributed by atoms with Crippen LogP contribution in [0.5, 0.6) is 0 Å². The van der Waals surface area contributed by atoms with Crippen molar-refractivity contribution in [1.82, 2.24) is 4.90 Å². The van der Waals surface area contributed by atoms with E-state index in [1.165, 1.54) is 4.90 Å². The molecule has 0 aromatic carbocycles. The Morgan fingerprint density at radius 3 is 2.57 bits per heavy atom. The molecule has 0 radical (unpaired) electrons. The first-order valence-corrected chi connectivity index (χ1v) is 7.07. The predicted molar refractivity (Wildman–Crippen MR) is 73.9 cm³/mol. The molecule has 21 heavy (non-hydrogen) atoms. The maximum Gasteiger partial charge on any atom is 0.509 e. The lowest BCUT2D eigenvalue weighted by Crippen LogP contribution is -2.43. The van der Waals surface area contributed by atoms with Crippen LogP contribution < -0.4 is 0 Å². The van der Waals surface area contributed by atoms with E-state index in [0.29, 0.717) is 13.0 Å². The van der Waals surface area contributed by atoms with Gasteiger partial charge in [0.2, 0.25) is 0 Å². The highest BCUT2D eigenvalue weighted by Gasteiger charge is 2.32. The summed E-state index contributed by atoms with van der Waals surface area (Å²) in [6.45, 7) is 7.48. The van der Waals surface area contributed by atoms with Crippen LogP contribution in [0.25, 0.3) is 0 Å². The number of hydrogen-bond acceptors (Lipinski definition) is 6. The van der Waals surface area contributed by atoms with Crippen LogP contribution in [0.15, 0.2) is 0 Å². The van der Waals surface area contributed by atoms with Crippen LogP contribution in [-0.2, 0) is 19.0 Å². The van der Waals surface area contributed by atoms with Crippen molar-refractivity contribution in [3.8, 4) is 0 Å². The van der Waals surface area contributed by atoms with Gasteiger partial charge in [-0.25, -0.2) is 9.59 Å². The molecule has 0 N–H and O–H groups in total. The van der Waals surface area contributed by atoms with E-state index >= 15 is 0 Å². The Balaban J connectivity index is 2.69. The van der Waals surface area contributed by atoms with Crippen molar-refractivity contribution in [1.29, 1.82) is 0 Å². The van der Waals surface area contributed by atoms with Crippen molar-refractivity contribution in [2.75, 3.05) is 19.7 Å². The van der Waals surface area contributed by atoms with Crippen molar-refractivity contribution in [2.24, 2.45) is 0 Å². The van der Waals surface area contributed by atoms with Gasteiger partial charge in [0.15, 0.2) is 11.9 Å². The summed E-state index contributed by atoms with van der Waals surface area (Å²) in [5, 5.41) is 0. The molecule has 1 saturated heterocycles. The number of carbonyl (C=O) groups excluding carboxylic acids is 3. The van der Waals surface area contributed by atoms with Crippen molar-refractivity contribution >= 4 is 18.0 Å². The fourth-order valence-electron chi connectivity index (χ4n) is 1.86. The molecule has 1 aliphatic heterocycles. The molecule has 120 valence electrons. The van der Waals surface area contributed by atoms with E-state index in [-0.39, 0.29) is 25.4 Å². The summed E-state index contributed by atoms with van der Waals surface area (Å²) in [7, 11) is 0. The van der Waals surface area contributed by atoms with E-state index < -0.39 is 24.0 Å². The summed E-state index contributed by atoms with van der Waals surface area (Å²) in [4.78, 5) is 36.7. The van der Waals surface area contributed by atoms with Gasteiger partial charge in [0.1, 0.15) is 5.60 Å². The topological polar surface area (TPSA) is 82.1 Å². The summed E-state index contributed by atoms with van der Waals surface area (Å²) in [5.74, 6) is -0.214. The Labute approximate surface area is 124 Å². The Bertz CT molecular complexity index is 401. The van der Waals surface area contributed by atoms with Gasteiger partial charge >= 0.3 is 12.2 Å². The van der Waals surface area contributed by atoms with Crippen LogP contribution in [0.2, 0.25) is 0 Å². The number of rotatable bonds is 2. The predicted octanol–water partition coefficient (Wildman–Crippen LogP) is 2.13. The van der Waals surface area contributed by atoms with Gasteiger partial charge in [-0.3, -0.25) is 4.79 Å². The zero-order valence-corrected chi connectivity index (χ0v) is 13.0. The summed E-state index contributed by atoms with van der Waals surface area (Å²) in [6.07, 6.45) is -1.65. The number of carbonyl (C=O) groups is 3. The van der Waals surface area contributed by atoms with E-state index in [1.807, 2.05) is 0 Å². The third-order valence-electron chi connectivity index (χ3n) is 2.75. The Kier molecular flexibility index (Phi) is 5.99. The number of amides is 1. The Morgan fingerprint density at radius 1 is 1.33 bits per heavy atom. The van der Waals surface area contributed by atoms with Crippen molar-refractivity contribution < 1.29 is 28.6 Å². The monoisotopic (exact) mass is 301 g/mol. The van der Waals surface area contributed by atoms with Crippen molar-refractivity contribution in [2.45, 2.75) is 52.2 Å². The van der Waals surface area contributed by atoms with E-state index in [9.17, 15) is 14.4 Å². The SMILES string of the molecule is CCOC(=O)OC1CN(C(=O)OC(C)(C)C)CCCC1=O.